The van der Waals surface area contributed by atoms with E-state index < -0.39 is 10.0 Å². The molecule has 132 valence electrons. The summed E-state index contributed by atoms with van der Waals surface area (Å²) in [6.45, 7) is 1.26. The summed E-state index contributed by atoms with van der Waals surface area (Å²) in [5.74, 6) is 0.571. The molecule has 1 aliphatic carbocycles. The van der Waals surface area contributed by atoms with Crippen molar-refractivity contribution in [1.82, 2.24) is 9.62 Å². The molecule has 0 aromatic heterocycles. The smallest absolute Gasteiger partial charge is 0.246 e. The highest BCUT2D eigenvalue weighted by atomic mass is 32.2. The van der Waals surface area contributed by atoms with E-state index in [0.29, 0.717) is 25.6 Å². The second kappa shape index (κ2) is 7.21. The van der Waals surface area contributed by atoms with E-state index in [0.717, 1.165) is 18.4 Å². The molecule has 1 heterocycles. The molecule has 1 amide bonds. The van der Waals surface area contributed by atoms with Gasteiger partial charge in [-0.3, -0.25) is 4.79 Å². The Morgan fingerprint density at radius 2 is 1.96 bits per heavy atom. The van der Waals surface area contributed by atoms with E-state index in [1.54, 1.807) is 0 Å². The number of hydrogen-bond acceptors (Lipinski definition) is 4. The molecule has 0 spiro atoms. The molecule has 1 N–H and O–H groups in total. The normalized spacial score (nSPS) is 24.9. The van der Waals surface area contributed by atoms with Gasteiger partial charge < -0.3 is 10.1 Å². The molecule has 1 saturated carbocycles. The fraction of sp³-hybridized carbons (Fsp3) is 0.588. The summed E-state index contributed by atoms with van der Waals surface area (Å²) in [6, 6.07) is 9.57. The zero-order chi connectivity index (χ0) is 17.2. The molecule has 0 unspecified atom stereocenters. The quantitative estimate of drug-likeness (QED) is 0.794. The molecule has 1 aromatic carbocycles. The van der Waals surface area contributed by atoms with Gasteiger partial charge in [0.2, 0.25) is 15.9 Å². The number of ether oxygens (including phenoxy) is 1. The van der Waals surface area contributed by atoms with Crippen LogP contribution in [0.15, 0.2) is 30.3 Å². The number of amides is 1. The van der Waals surface area contributed by atoms with Crippen molar-refractivity contribution in [3.8, 4) is 0 Å². The first kappa shape index (κ1) is 17.4. The molecule has 3 rings (SSSR count). The SMILES string of the molecule is CS(=O)(=O)N1C[C@H](NC(=O)COCc2ccccc2)[C@@H](C2CC2)C1. The number of nitrogens with one attached hydrogen (secondary N) is 1. The monoisotopic (exact) mass is 352 g/mol. The number of nitrogens with zero attached hydrogens (tertiary/aromatic N) is 1. The van der Waals surface area contributed by atoms with E-state index in [2.05, 4.69) is 5.32 Å². The molecule has 0 bridgehead atoms. The van der Waals surface area contributed by atoms with Gasteiger partial charge in [-0.15, -0.1) is 0 Å². The Kier molecular flexibility index (Phi) is 5.22. The lowest BCUT2D eigenvalue weighted by atomic mass is 9.98. The van der Waals surface area contributed by atoms with E-state index >= 15 is 0 Å². The largest absolute Gasteiger partial charge is 0.367 e. The van der Waals surface area contributed by atoms with Gasteiger partial charge in [-0.1, -0.05) is 30.3 Å². The van der Waals surface area contributed by atoms with Crippen molar-refractivity contribution in [1.29, 1.82) is 0 Å². The molecular formula is C17H24N2O4S. The van der Waals surface area contributed by atoms with E-state index in [1.807, 2.05) is 30.3 Å². The third-order valence-corrected chi connectivity index (χ3v) is 5.96. The predicted molar refractivity (Wildman–Crippen MR) is 90.7 cm³/mol. The van der Waals surface area contributed by atoms with E-state index in [4.69, 9.17) is 4.74 Å². The van der Waals surface area contributed by atoms with Crippen LogP contribution in [-0.4, -0.2) is 50.6 Å². The van der Waals surface area contributed by atoms with Crippen LogP contribution >= 0.6 is 0 Å². The van der Waals surface area contributed by atoms with Crippen molar-refractivity contribution in [3.05, 3.63) is 35.9 Å². The van der Waals surface area contributed by atoms with Crippen LogP contribution < -0.4 is 5.32 Å². The van der Waals surface area contributed by atoms with Crippen molar-refractivity contribution in [2.24, 2.45) is 11.8 Å². The summed E-state index contributed by atoms with van der Waals surface area (Å²) in [5.41, 5.74) is 1.02. The van der Waals surface area contributed by atoms with Crippen LogP contribution in [0.1, 0.15) is 18.4 Å². The second-order valence-corrected chi connectivity index (χ2v) is 8.72. The van der Waals surface area contributed by atoms with Crippen LogP contribution in [0.5, 0.6) is 0 Å². The zero-order valence-corrected chi connectivity index (χ0v) is 14.7. The van der Waals surface area contributed by atoms with Crippen LogP contribution in [0.2, 0.25) is 0 Å². The van der Waals surface area contributed by atoms with Gasteiger partial charge in [-0.05, 0) is 30.2 Å². The topological polar surface area (TPSA) is 75.7 Å². The van der Waals surface area contributed by atoms with Crippen LogP contribution in [-0.2, 0) is 26.2 Å². The average Bonchev–Trinajstić information content (AvgIpc) is 3.28. The molecule has 7 heteroatoms. The standard InChI is InChI=1S/C17H24N2O4S/c1-24(21,22)19-9-15(14-7-8-14)16(10-19)18-17(20)12-23-11-13-5-3-2-4-6-13/h2-6,14-16H,7-12H2,1H3,(H,18,20)/t15-,16+/m1/s1. The van der Waals surface area contributed by atoms with Gasteiger partial charge in [0, 0.05) is 19.1 Å². The molecule has 1 saturated heterocycles. The van der Waals surface area contributed by atoms with Crippen LogP contribution in [0.4, 0.5) is 0 Å². The minimum Gasteiger partial charge on any atom is -0.367 e. The van der Waals surface area contributed by atoms with E-state index in [1.165, 1.54) is 10.6 Å². The molecular weight excluding hydrogens is 328 g/mol. The molecule has 2 fully saturated rings. The Hall–Kier alpha value is -1.44. The number of rotatable bonds is 7. The Balaban J connectivity index is 1.49. The van der Waals surface area contributed by atoms with Gasteiger partial charge in [0.05, 0.1) is 12.9 Å². The fourth-order valence-electron chi connectivity index (χ4n) is 3.30. The highest BCUT2D eigenvalue weighted by molar-refractivity contribution is 7.88. The van der Waals surface area contributed by atoms with Gasteiger partial charge in [0.1, 0.15) is 6.61 Å². The van der Waals surface area contributed by atoms with Crippen LogP contribution in [0.3, 0.4) is 0 Å². The van der Waals surface area contributed by atoms with Crippen molar-refractivity contribution in [2.75, 3.05) is 26.0 Å². The number of sulfonamides is 1. The van der Waals surface area contributed by atoms with Gasteiger partial charge in [0.15, 0.2) is 0 Å². The molecule has 0 radical (unpaired) electrons. The average molecular weight is 352 g/mol. The Morgan fingerprint density at radius 3 is 2.58 bits per heavy atom. The highest BCUT2D eigenvalue weighted by Gasteiger charge is 2.45. The van der Waals surface area contributed by atoms with Gasteiger partial charge in [0.25, 0.3) is 0 Å². The third-order valence-electron chi connectivity index (χ3n) is 4.72. The maximum Gasteiger partial charge on any atom is 0.246 e. The molecule has 2 atom stereocenters. The Bertz CT molecular complexity index is 673. The summed E-state index contributed by atoms with van der Waals surface area (Å²) < 4.78 is 30.5. The molecule has 6 nitrogen and oxygen atoms in total. The van der Waals surface area contributed by atoms with Gasteiger partial charge in [-0.25, -0.2) is 8.42 Å². The summed E-state index contributed by atoms with van der Waals surface area (Å²) in [6.07, 6.45) is 3.47. The second-order valence-electron chi connectivity index (χ2n) is 6.73. The van der Waals surface area contributed by atoms with Crippen molar-refractivity contribution in [3.63, 3.8) is 0 Å². The van der Waals surface area contributed by atoms with Crippen LogP contribution in [0.25, 0.3) is 0 Å². The van der Waals surface area contributed by atoms with Gasteiger partial charge in [-0.2, -0.15) is 4.31 Å². The predicted octanol–water partition coefficient (Wildman–Crippen LogP) is 0.989. The zero-order valence-electron chi connectivity index (χ0n) is 13.8. The maximum absolute atomic E-state index is 12.1. The first-order valence-corrected chi connectivity index (χ1v) is 10.1. The highest BCUT2D eigenvalue weighted by Crippen LogP contribution is 2.41. The minimum atomic E-state index is -3.21. The number of benzene rings is 1. The van der Waals surface area contributed by atoms with Crippen molar-refractivity contribution < 1.29 is 17.9 Å². The van der Waals surface area contributed by atoms with E-state index in [-0.39, 0.29) is 24.5 Å². The third kappa shape index (κ3) is 4.55. The van der Waals surface area contributed by atoms with Gasteiger partial charge >= 0.3 is 0 Å². The first-order chi connectivity index (χ1) is 11.4. The maximum atomic E-state index is 12.1. The molecule has 1 aliphatic heterocycles. The Labute approximate surface area is 143 Å². The summed E-state index contributed by atoms with van der Waals surface area (Å²) >= 11 is 0. The lowest BCUT2D eigenvalue weighted by molar-refractivity contribution is -0.127. The molecule has 2 aliphatic rings. The summed E-state index contributed by atoms with van der Waals surface area (Å²) in [7, 11) is -3.21. The lowest BCUT2D eigenvalue weighted by Gasteiger charge is -2.19. The van der Waals surface area contributed by atoms with Crippen LogP contribution in [0, 0.1) is 11.8 Å². The Morgan fingerprint density at radius 1 is 1.25 bits per heavy atom. The van der Waals surface area contributed by atoms with E-state index in [9.17, 15) is 13.2 Å². The lowest BCUT2D eigenvalue weighted by Crippen LogP contribution is -2.43. The summed E-state index contributed by atoms with van der Waals surface area (Å²) in [5, 5.41) is 2.97. The summed E-state index contributed by atoms with van der Waals surface area (Å²) in [4.78, 5) is 12.1. The van der Waals surface area contributed by atoms with Crippen molar-refractivity contribution >= 4 is 15.9 Å². The molecule has 24 heavy (non-hydrogen) atoms. The van der Waals surface area contributed by atoms with Crippen molar-refractivity contribution in [2.45, 2.75) is 25.5 Å². The number of hydrogen-bond donors (Lipinski definition) is 1. The first-order valence-electron chi connectivity index (χ1n) is 8.29. The molecule has 1 aromatic rings. The minimum absolute atomic E-state index is 0.0122. The number of carbonyl (C=O) groups excluding carboxylic acids is 1. The number of carbonyl (C=O) groups is 1. The fourth-order valence-corrected chi connectivity index (χ4v) is 4.18.